The van der Waals surface area contributed by atoms with E-state index in [0.717, 1.165) is 30.4 Å². The zero-order chi connectivity index (χ0) is 20.1. The van der Waals surface area contributed by atoms with Gasteiger partial charge < -0.3 is 18.6 Å². The summed E-state index contributed by atoms with van der Waals surface area (Å²) in [7, 11) is 0. The van der Waals surface area contributed by atoms with E-state index in [9.17, 15) is 4.79 Å². The van der Waals surface area contributed by atoms with E-state index in [2.05, 4.69) is 0 Å². The fourth-order valence-corrected chi connectivity index (χ4v) is 3.26. The number of rotatable bonds is 6. The van der Waals surface area contributed by atoms with Gasteiger partial charge in [0.15, 0.2) is 5.76 Å². The first kappa shape index (κ1) is 19.3. The molecule has 150 valence electrons. The quantitative estimate of drug-likeness (QED) is 0.584. The first-order valence-electron chi connectivity index (χ1n) is 9.90. The van der Waals surface area contributed by atoms with E-state index in [-0.39, 0.29) is 23.7 Å². The summed E-state index contributed by atoms with van der Waals surface area (Å²) in [5, 5.41) is 0. The van der Waals surface area contributed by atoms with Gasteiger partial charge in [-0.3, -0.25) is 4.79 Å². The summed E-state index contributed by atoms with van der Waals surface area (Å²) in [6.45, 7) is 2.61. The predicted molar refractivity (Wildman–Crippen MR) is 110 cm³/mol. The lowest BCUT2D eigenvalue weighted by Gasteiger charge is -2.23. The van der Waals surface area contributed by atoms with Crippen molar-refractivity contribution < 1.29 is 18.6 Å². The van der Waals surface area contributed by atoms with Crippen LogP contribution in [0.1, 0.15) is 30.4 Å². The van der Waals surface area contributed by atoms with Gasteiger partial charge in [-0.25, -0.2) is 0 Å². The molecular weight excluding hydrogens is 368 g/mol. The maximum atomic E-state index is 13.1. The van der Waals surface area contributed by atoms with Gasteiger partial charge in [0.25, 0.3) is 5.95 Å². The highest BCUT2D eigenvalue weighted by molar-refractivity contribution is 5.65. The lowest BCUT2D eigenvalue weighted by Crippen LogP contribution is -2.26. The topological polar surface area (TPSA) is 57.9 Å². The van der Waals surface area contributed by atoms with Gasteiger partial charge in [-0.2, -0.15) is 0 Å². The third-order valence-corrected chi connectivity index (χ3v) is 4.89. The van der Waals surface area contributed by atoms with Crippen molar-refractivity contribution in [1.29, 1.82) is 0 Å². The smallest absolute Gasteiger partial charge is 0.294 e. The van der Waals surface area contributed by atoms with E-state index in [1.54, 1.807) is 6.92 Å². The summed E-state index contributed by atoms with van der Waals surface area (Å²) in [6.07, 6.45) is 2.42. The molecule has 0 spiro atoms. The Labute approximate surface area is 169 Å². The molecule has 1 fully saturated rings. The molecule has 1 saturated heterocycles. The van der Waals surface area contributed by atoms with Crippen LogP contribution in [0.2, 0.25) is 0 Å². The van der Waals surface area contributed by atoms with Crippen LogP contribution in [0.4, 0.5) is 0 Å². The second-order valence-electron chi connectivity index (χ2n) is 7.06. The fourth-order valence-electron chi connectivity index (χ4n) is 3.26. The Balaban J connectivity index is 1.70. The Morgan fingerprint density at radius 2 is 1.72 bits per heavy atom. The molecule has 2 heterocycles. The monoisotopic (exact) mass is 392 g/mol. The third kappa shape index (κ3) is 4.51. The maximum Gasteiger partial charge on any atom is 0.294 e. The molecule has 1 unspecified atom stereocenters. The molecule has 0 radical (unpaired) electrons. The van der Waals surface area contributed by atoms with Crippen LogP contribution in [-0.4, -0.2) is 12.9 Å². The SMILES string of the molecule is Cc1c(OC2CCCCO2)oc(-c2ccccc2)c(OCc2ccccc2)c1=O. The highest BCUT2D eigenvalue weighted by Gasteiger charge is 2.24. The second kappa shape index (κ2) is 8.97. The van der Waals surface area contributed by atoms with Gasteiger partial charge >= 0.3 is 0 Å². The van der Waals surface area contributed by atoms with Gasteiger partial charge in [-0.15, -0.1) is 0 Å². The van der Waals surface area contributed by atoms with Gasteiger partial charge in [0.2, 0.25) is 17.5 Å². The van der Waals surface area contributed by atoms with Crippen molar-refractivity contribution in [3.63, 3.8) is 0 Å². The molecule has 0 N–H and O–H groups in total. The molecule has 0 amide bonds. The van der Waals surface area contributed by atoms with Crippen LogP contribution in [-0.2, 0) is 11.3 Å². The Morgan fingerprint density at radius 1 is 1.00 bits per heavy atom. The normalized spacial score (nSPS) is 16.4. The molecule has 0 saturated carbocycles. The Hall–Kier alpha value is -3.05. The predicted octanol–water partition coefficient (Wildman–Crippen LogP) is 5.10. The van der Waals surface area contributed by atoms with Crippen molar-refractivity contribution in [2.45, 2.75) is 39.1 Å². The molecule has 5 nitrogen and oxygen atoms in total. The highest BCUT2D eigenvalue weighted by Crippen LogP contribution is 2.34. The molecule has 0 aliphatic carbocycles. The van der Waals surface area contributed by atoms with Crippen molar-refractivity contribution in [2.75, 3.05) is 6.61 Å². The number of hydrogen-bond donors (Lipinski definition) is 0. The van der Waals surface area contributed by atoms with Crippen LogP contribution in [0.25, 0.3) is 11.3 Å². The third-order valence-electron chi connectivity index (χ3n) is 4.89. The van der Waals surface area contributed by atoms with E-state index < -0.39 is 6.29 Å². The van der Waals surface area contributed by atoms with Gasteiger partial charge in [-0.1, -0.05) is 60.7 Å². The summed E-state index contributed by atoms with van der Waals surface area (Å²) in [4.78, 5) is 13.1. The number of ether oxygens (including phenoxy) is 3. The van der Waals surface area contributed by atoms with Crippen molar-refractivity contribution in [3.05, 3.63) is 82.0 Å². The van der Waals surface area contributed by atoms with Crippen LogP contribution in [0.5, 0.6) is 11.7 Å². The Morgan fingerprint density at radius 3 is 2.41 bits per heavy atom. The average molecular weight is 392 g/mol. The first-order valence-corrected chi connectivity index (χ1v) is 9.90. The summed E-state index contributed by atoms with van der Waals surface area (Å²) < 4.78 is 23.6. The van der Waals surface area contributed by atoms with Crippen molar-refractivity contribution in [2.24, 2.45) is 0 Å². The molecule has 5 heteroatoms. The van der Waals surface area contributed by atoms with E-state index in [0.29, 0.717) is 17.9 Å². The molecule has 2 aromatic carbocycles. The molecule has 1 aliphatic rings. The summed E-state index contributed by atoms with van der Waals surface area (Å²) in [5.74, 6) is 0.741. The van der Waals surface area contributed by atoms with E-state index in [1.165, 1.54) is 0 Å². The fraction of sp³-hybridized carbons (Fsp3) is 0.292. The van der Waals surface area contributed by atoms with Gasteiger partial charge in [0.1, 0.15) is 6.61 Å². The minimum atomic E-state index is -0.398. The minimum absolute atomic E-state index is 0.188. The van der Waals surface area contributed by atoms with Crippen molar-refractivity contribution in [3.8, 4) is 23.0 Å². The molecule has 0 bridgehead atoms. The van der Waals surface area contributed by atoms with Crippen molar-refractivity contribution in [1.82, 2.24) is 0 Å². The molecule has 1 aliphatic heterocycles. The first-order chi connectivity index (χ1) is 14.2. The van der Waals surface area contributed by atoms with Crippen LogP contribution in [0.15, 0.2) is 69.9 Å². The average Bonchev–Trinajstić information content (AvgIpc) is 2.78. The molecule has 3 aromatic rings. The Bertz CT molecular complexity index is 989. The van der Waals surface area contributed by atoms with E-state index >= 15 is 0 Å². The van der Waals surface area contributed by atoms with Gasteiger partial charge in [0, 0.05) is 12.0 Å². The van der Waals surface area contributed by atoms with E-state index in [1.807, 2.05) is 60.7 Å². The van der Waals surface area contributed by atoms with Crippen LogP contribution >= 0.6 is 0 Å². The Kier molecular flexibility index (Phi) is 5.96. The minimum Gasteiger partial charge on any atom is -0.481 e. The standard InChI is InChI=1S/C24H24O5/c1-17-21(25)23(27-16-18-10-4-2-5-11-18)22(19-12-6-3-7-13-19)29-24(17)28-20-14-8-9-15-26-20/h2-7,10-13,20H,8-9,14-16H2,1H3. The van der Waals surface area contributed by atoms with Gasteiger partial charge in [0.05, 0.1) is 12.2 Å². The summed E-state index contributed by atoms with van der Waals surface area (Å²) >= 11 is 0. The van der Waals surface area contributed by atoms with Crippen LogP contribution in [0.3, 0.4) is 0 Å². The number of hydrogen-bond acceptors (Lipinski definition) is 5. The zero-order valence-corrected chi connectivity index (χ0v) is 16.4. The van der Waals surface area contributed by atoms with E-state index in [4.69, 9.17) is 18.6 Å². The molecule has 1 atom stereocenters. The lowest BCUT2D eigenvalue weighted by molar-refractivity contribution is -0.115. The molecule has 1 aromatic heterocycles. The van der Waals surface area contributed by atoms with Gasteiger partial charge in [-0.05, 0) is 25.3 Å². The summed E-state index contributed by atoms with van der Waals surface area (Å²) in [6, 6.07) is 19.2. The number of benzene rings is 2. The van der Waals surface area contributed by atoms with Crippen LogP contribution < -0.4 is 14.9 Å². The summed E-state index contributed by atoms with van der Waals surface area (Å²) in [5.41, 5.74) is 1.86. The largest absolute Gasteiger partial charge is 0.481 e. The lowest BCUT2D eigenvalue weighted by atomic mass is 10.1. The molecule has 4 rings (SSSR count). The maximum absolute atomic E-state index is 13.1. The van der Waals surface area contributed by atoms with Crippen molar-refractivity contribution >= 4 is 0 Å². The van der Waals surface area contributed by atoms with Crippen LogP contribution in [0, 0.1) is 6.92 Å². The molecular formula is C24H24O5. The molecule has 29 heavy (non-hydrogen) atoms. The highest BCUT2D eigenvalue weighted by atomic mass is 16.7. The zero-order valence-electron chi connectivity index (χ0n) is 16.4. The second-order valence-corrected chi connectivity index (χ2v) is 7.06.